The number of benzene rings is 1. The molecule has 104 valence electrons. The lowest BCUT2D eigenvalue weighted by Crippen LogP contribution is -2.10. The molecule has 0 atom stereocenters. The Morgan fingerprint density at radius 3 is 2.75 bits per heavy atom. The van der Waals surface area contributed by atoms with Crippen molar-refractivity contribution < 1.29 is 4.79 Å². The van der Waals surface area contributed by atoms with Crippen LogP contribution in [0.15, 0.2) is 30.3 Å². The molecule has 1 heterocycles. The zero-order chi connectivity index (χ0) is 13.9. The van der Waals surface area contributed by atoms with E-state index in [1.54, 1.807) is 11.3 Å². The summed E-state index contributed by atoms with van der Waals surface area (Å²) in [7, 11) is 1.92. The van der Waals surface area contributed by atoms with Crippen molar-refractivity contribution in [2.75, 3.05) is 12.4 Å². The average molecular weight is 286 g/mol. The van der Waals surface area contributed by atoms with Gasteiger partial charge in [-0.15, -0.1) is 11.3 Å². The molecule has 1 aliphatic rings. The molecule has 0 fully saturated rings. The second-order valence-electron chi connectivity index (χ2n) is 5.09. The molecule has 1 aliphatic carbocycles. The van der Waals surface area contributed by atoms with Gasteiger partial charge >= 0.3 is 0 Å². The highest BCUT2D eigenvalue weighted by molar-refractivity contribution is 7.14. The molecule has 4 heteroatoms. The fraction of sp³-hybridized carbons (Fsp3) is 0.312. The van der Waals surface area contributed by atoms with E-state index in [0.717, 1.165) is 30.0 Å². The van der Waals surface area contributed by atoms with Gasteiger partial charge < -0.3 is 10.6 Å². The van der Waals surface area contributed by atoms with Crippen molar-refractivity contribution in [1.29, 1.82) is 0 Å². The summed E-state index contributed by atoms with van der Waals surface area (Å²) in [6.07, 6.45) is 3.49. The molecular weight excluding hydrogens is 268 g/mol. The number of nitrogens with one attached hydrogen (secondary N) is 2. The van der Waals surface area contributed by atoms with E-state index in [1.807, 2.05) is 31.3 Å². The van der Waals surface area contributed by atoms with Crippen LogP contribution in [0.3, 0.4) is 0 Å². The Morgan fingerprint density at radius 1 is 1.25 bits per heavy atom. The molecule has 0 aliphatic heterocycles. The highest BCUT2D eigenvalue weighted by Crippen LogP contribution is 2.30. The van der Waals surface area contributed by atoms with Crippen LogP contribution in [0.1, 0.15) is 32.1 Å². The lowest BCUT2D eigenvalue weighted by molar-refractivity contribution is 0.103. The second kappa shape index (κ2) is 5.77. The molecule has 20 heavy (non-hydrogen) atoms. The maximum atomic E-state index is 12.2. The number of hydrogen-bond donors (Lipinski definition) is 2. The third-order valence-electron chi connectivity index (χ3n) is 3.56. The SMILES string of the molecule is CNCc1ccc(NC(=O)c2cc3c(s2)CCC3)cc1. The molecule has 0 unspecified atom stereocenters. The average Bonchev–Trinajstić information content (AvgIpc) is 3.02. The zero-order valence-electron chi connectivity index (χ0n) is 11.5. The van der Waals surface area contributed by atoms with Gasteiger partial charge in [0, 0.05) is 17.1 Å². The van der Waals surface area contributed by atoms with Gasteiger partial charge in [-0.2, -0.15) is 0 Å². The molecule has 1 aromatic heterocycles. The van der Waals surface area contributed by atoms with Crippen LogP contribution < -0.4 is 10.6 Å². The van der Waals surface area contributed by atoms with Crippen LogP contribution in [0.5, 0.6) is 0 Å². The Kier molecular flexibility index (Phi) is 3.85. The summed E-state index contributed by atoms with van der Waals surface area (Å²) in [5.74, 6) is 0.00534. The van der Waals surface area contributed by atoms with E-state index in [9.17, 15) is 4.79 Å². The first-order chi connectivity index (χ1) is 9.76. The van der Waals surface area contributed by atoms with Crippen LogP contribution in [0.25, 0.3) is 0 Å². The number of carbonyl (C=O) groups is 1. The molecule has 2 N–H and O–H groups in total. The summed E-state index contributed by atoms with van der Waals surface area (Å²) < 4.78 is 0. The number of amides is 1. The van der Waals surface area contributed by atoms with Crippen molar-refractivity contribution in [2.24, 2.45) is 0 Å². The molecule has 1 amide bonds. The number of aryl methyl sites for hydroxylation is 2. The Labute approximate surface area is 123 Å². The monoisotopic (exact) mass is 286 g/mol. The van der Waals surface area contributed by atoms with E-state index in [4.69, 9.17) is 0 Å². The van der Waals surface area contributed by atoms with Gasteiger partial charge in [0.1, 0.15) is 0 Å². The van der Waals surface area contributed by atoms with Gasteiger partial charge in [-0.3, -0.25) is 4.79 Å². The number of anilines is 1. The van der Waals surface area contributed by atoms with Gasteiger partial charge in [-0.1, -0.05) is 12.1 Å². The molecule has 3 rings (SSSR count). The van der Waals surface area contributed by atoms with Crippen LogP contribution in [-0.2, 0) is 19.4 Å². The van der Waals surface area contributed by atoms with Crippen LogP contribution in [-0.4, -0.2) is 13.0 Å². The van der Waals surface area contributed by atoms with Gasteiger partial charge in [0.05, 0.1) is 4.88 Å². The topological polar surface area (TPSA) is 41.1 Å². The molecule has 0 radical (unpaired) electrons. The molecule has 2 aromatic rings. The Bertz CT molecular complexity index is 594. The summed E-state index contributed by atoms with van der Waals surface area (Å²) in [6.45, 7) is 0.839. The first kappa shape index (κ1) is 13.3. The molecule has 0 saturated carbocycles. The maximum absolute atomic E-state index is 12.2. The molecule has 1 aromatic carbocycles. The first-order valence-corrected chi connectivity index (χ1v) is 7.74. The van der Waals surface area contributed by atoms with Crippen molar-refractivity contribution in [3.63, 3.8) is 0 Å². The summed E-state index contributed by atoms with van der Waals surface area (Å²) in [4.78, 5) is 14.4. The van der Waals surface area contributed by atoms with Crippen molar-refractivity contribution >= 4 is 22.9 Å². The second-order valence-corrected chi connectivity index (χ2v) is 6.23. The molecule has 3 nitrogen and oxygen atoms in total. The van der Waals surface area contributed by atoms with E-state index >= 15 is 0 Å². The lowest BCUT2D eigenvalue weighted by Gasteiger charge is -2.05. The van der Waals surface area contributed by atoms with Crippen LogP contribution in [0.4, 0.5) is 5.69 Å². The van der Waals surface area contributed by atoms with Gasteiger partial charge in [0.25, 0.3) is 5.91 Å². The van der Waals surface area contributed by atoms with Gasteiger partial charge in [-0.05, 0) is 55.6 Å². The summed E-state index contributed by atoms with van der Waals surface area (Å²) >= 11 is 1.64. The van der Waals surface area contributed by atoms with Crippen LogP contribution in [0, 0.1) is 0 Å². The molecule has 0 bridgehead atoms. The van der Waals surface area contributed by atoms with E-state index in [1.165, 1.54) is 22.4 Å². The minimum absolute atomic E-state index is 0.00534. The van der Waals surface area contributed by atoms with E-state index in [0.29, 0.717) is 0 Å². The quantitative estimate of drug-likeness (QED) is 0.906. The van der Waals surface area contributed by atoms with E-state index in [2.05, 4.69) is 16.7 Å². The fourth-order valence-corrected chi connectivity index (χ4v) is 3.69. The van der Waals surface area contributed by atoms with E-state index in [-0.39, 0.29) is 5.91 Å². The van der Waals surface area contributed by atoms with Crippen molar-refractivity contribution in [2.45, 2.75) is 25.8 Å². The fourth-order valence-electron chi connectivity index (χ4n) is 2.54. The number of fused-ring (bicyclic) bond motifs is 1. The van der Waals surface area contributed by atoms with Gasteiger partial charge in [0.2, 0.25) is 0 Å². The largest absolute Gasteiger partial charge is 0.321 e. The predicted molar refractivity (Wildman–Crippen MR) is 83.5 cm³/mol. The predicted octanol–water partition coefficient (Wildman–Crippen LogP) is 3.21. The Balaban J connectivity index is 1.68. The third kappa shape index (κ3) is 2.76. The highest BCUT2D eigenvalue weighted by Gasteiger charge is 2.18. The van der Waals surface area contributed by atoms with Crippen molar-refractivity contribution in [3.05, 3.63) is 51.2 Å². The summed E-state index contributed by atoms with van der Waals surface area (Å²) in [5, 5.41) is 6.07. The Hall–Kier alpha value is -1.65. The first-order valence-electron chi connectivity index (χ1n) is 6.93. The highest BCUT2D eigenvalue weighted by atomic mass is 32.1. The minimum atomic E-state index is 0.00534. The van der Waals surface area contributed by atoms with Gasteiger partial charge in [0.15, 0.2) is 0 Å². The van der Waals surface area contributed by atoms with Crippen LogP contribution >= 0.6 is 11.3 Å². The molecule has 0 spiro atoms. The molecule has 0 saturated heterocycles. The minimum Gasteiger partial charge on any atom is -0.321 e. The molecular formula is C16H18N2OS. The van der Waals surface area contributed by atoms with E-state index < -0.39 is 0 Å². The normalized spacial score (nSPS) is 13.2. The maximum Gasteiger partial charge on any atom is 0.265 e. The summed E-state index contributed by atoms with van der Waals surface area (Å²) in [5.41, 5.74) is 3.42. The number of rotatable bonds is 4. The zero-order valence-corrected chi connectivity index (χ0v) is 12.3. The van der Waals surface area contributed by atoms with Crippen LogP contribution in [0.2, 0.25) is 0 Å². The number of hydrogen-bond acceptors (Lipinski definition) is 3. The third-order valence-corrected chi connectivity index (χ3v) is 4.80. The standard InChI is InChI=1S/C16H18N2OS/c1-17-10-11-5-7-13(8-6-11)18-16(19)15-9-12-3-2-4-14(12)20-15/h5-9,17H,2-4,10H2,1H3,(H,18,19). The summed E-state index contributed by atoms with van der Waals surface area (Å²) in [6, 6.07) is 10.0. The lowest BCUT2D eigenvalue weighted by atomic mass is 10.2. The number of carbonyl (C=O) groups excluding carboxylic acids is 1. The smallest absolute Gasteiger partial charge is 0.265 e. The number of thiophene rings is 1. The van der Waals surface area contributed by atoms with Crippen molar-refractivity contribution in [3.8, 4) is 0 Å². The van der Waals surface area contributed by atoms with Gasteiger partial charge in [-0.25, -0.2) is 0 Å². The van der Waals surface area contributed by atoms with Crippen molar-refractivity contribution in [1.82, 2.24) is 5.32 Å². The Morgan fingerprint density at radius 2 is 2.05 bits per heavy atom.